The first-order valence-corrected chi connectivity index (χ1v) is 6.08. The van der Waals surface area contributed by atoms with Crippen LogP contribution in [0, 0.1) is 5.92 Å². The van der Waals surface area contributed by atoms with Gasteiger partial charge in [-0.05, 0) is 40.0 Å². The molecule has 1 aliphatic heterocycles. The van der Waals surface area contributed by atoms with Gasteiger partial charge in [-0.3, -0.25) is 0 Å². The fourth-order valence-corrected chi connectivity index (χ4v) is 2.19. The van der Waals surface area contributed by atoms with Crippen molar-refractivity contribution < 1.29 is 0 Å². The lowest BCUT2D eigenvalue weighted by atomic mass is 9.98. The zero-order valence-corrected chi connectivity index (χ0v) is 11.0. The van der Waals surface area contributed by atoms with Gasteiger partial charge in [-0.15, -0.1) is 0 Å². The van der Waals surface area contributed by atoms with E-state index in [0.717, 1.165) is 5.92 Å². The van der Waals surface area contributed by atoms with Gasteiger partial charge in [0.25, 0.3) is 0 Å². The maximum Gasteiger partial charge on any atom is 0.0221 e. The first kappa shape index (κ1) is 12.9. The van der Waals surface area contributed by atoms with E-state index in [9.17, 15) is 0 Å². The van der Waals surface area contributed by atoms with Crippen molar-refractivity contribution >= 4 is 0 Å². The molecule has 0 spiro atoms. The van der Waals surface area contributed by atoms with Crippen molar-refractivity contribution in [1.82, 2.24) is 15.1 Å². The van der Waals surface area contributed by atoms with Crippen LogP contribution in [0.3, 0.4) is 0 Å². The summed E-state index contributed by atoms with van der Waals surface area (Å²) in [5, 5.41) is 3.77. The maximum absolute atomic E-state index is 3.77. The number of likely N-dealkylation sites (N-methyl/N-ethyl adjacent to an activating group) is 1. The summed E-state index contributed by atoms with van der Waals surface area (Å²) >= 11 is 0. The third kappa shape index (κ3) is 4.49. The highest BCUT2D eigenvalue weighted by Gasteiger charge is 2.25. The summed E-state index contributed by atoms with van der Waals surface area (Å²) in [6.45, 7) is 8.17. The number of rotatable bonds is 4. The predicted octanol–water partition coefficient (Wildman–Crippen LogP) is 0.866. The molecule has 1 fully saturated rings. The molecule has 2 atom stereocenters. The van der Waals surface area contributed by atoms with Gasteiger partial charge in [-0.2, -0.15) is 0 Å². The fraction of sp³-hybridized carbons (Fsp3) is 1.00. The first-order valence-electron chi connectivity index (χ1n) is 6.08. The van der Waals surface area contributed by atoms with Gasteiger partial charge in [0.1, 0.15) is 0 Å². The summed E-state index contributed by atoms with van der Waals surface area (Å²) in [4.78, 5) is 4.72. The van der Waals surface area contributed by atoms with Gasteiger partial charge < -0.3 is 15.1 Å². The lowest BCUT2D eigenvalue weighted by molar-refractivity contribution is 0.154. The third-order valence-electron chi connectivity index (χ3n) is 3.22. The van der Waals surface area contributed by atoms with Crippen LogP contribution in [-0.2, 0) is 0 Å². The SMILES string of the molecule is CC(C)[C@H]1CN(C)CC(CCN(C)C)N1. The molecule has 90 valence electrons. The van der Waals surface area contributed by atoms with Crippen molar-refractivity contribution in [3.05, 3.63) is 0 Å². The molecule has 0 aromatic rings. The lowest BCUT2D eigenvalue weighted by Gasteiger charge is -2.39. The third-order valence-corrected chi connectivity index (χ3v) is 3.22. The second-order valence-corrected chi connectivity index (χ2v) is 5.53. The van der Waals surface area contributed by atoms with Crippen LogP contribution in [0.4, 0.5) is 0 Å². The molecule has 3 nitrogen and oxygen atoms in total. The summed E-state index contributed by atoms with van der Waals surface area (Å²) in [5.41, 5.74) is 0. The Bertz CT molecular complexity index is 180. The number of nitrogens with one attached hydrogen (secondary N) is 1. The highest BCUT2D eigenvalue weighted by Crippen LogP contribution is 2.12. The van der Waals surface area contributed by atoms with Gasteiger partial charge in [0.15, 0.2) is 0 Å². The van der Waals surface area contributed by atoms with Crippen LogP contribution in [0.25, 0.3) is 0 Å². The zero-order chi connectivity index (χ0) is 11.4. The largest absolute Gasteiger partial charge is 0.309 e. The molecular weight excluding hydrogens is 186 g/mol. The predicted molar refractivity (Wildman–Crippen MR) is 66.2 cm³/mol. The Labute approximate surface area is 94.8 Å². The molecule has 0 radical (unpaired) electrons. The molecule has 3 heteroatoms. The number of hydrogen-bond donors (Lipinski definition) is 1. The van der Waals surface area contributed by atoms with E-state index >= 15 is 0 Å². The van der Waals surface area contributed by atoms with E-state index in [4.69, 9.17) is 0 Å². The fourth-order valence-electron chi connectivity index (χ4n) is 2.19. The summed E-state index contributed by atoms with van der Waals surface area (Å²) in [7, 11) is 6.53. The Balaban J connectivity index is 2.37. The average Bonchev–Trinajstić information content (AvgIpc) is 2.13. The van der Waals surface area contributed by atoms with E-state index < -0.39 is 0 Å². The van der Waals surface area contributed by atoms with Gasteiger partial charge in [-0.25, -0.2) is 0 Å². The second-order valence-electron chi connectivity index (χ2n) is 5.53. The molecular formula is C12H27N3. The Morgan fingerprint density at radius 1 is 1.33 bits per heavy atom. The smallest absolute Gasteiger partial charge is 0.0221 e. The standard InChI is InChI=1S/C12H27N3/c1-10(2)12-9-15(5)8-11(13-12)6-7-14(3)4/h10-13H,6-9H2,1-5H3/t11?,12-/m1/s1. The van der Waals surface area contributed by atoms with E-state index in [1.54, 1.807) is 0 Å². The molecule has 15 heavy (non-hydrogen) atoms. The lowest BCUT2D eigenvalue weighted by Crippen LogP contribution is -2.57. The monoisotopic (exact) mass is 213 g/mol. The average molecular weight is 213 g/mol. The van der Waals surface area contributed by atoms with Crippen LogP contribution in [0.2, 0.25) is 0 Å². The van der Waals surface area contributed by atoms with E-state index in [1.165, 1.54) is 26.1 Å². The van der Waals surface area contributed by atoms with Gasteiger partial charge >= 0.3 is 0 Å². The minimum atomic E-state index is 0.663. The molecule has 1 aliphatic rings. The van der Waals surface area contributed by atoms with Gasteiger partial charge in [-0.1, -0.05) is 13.8 Å². The van der Waals surface area contributed by atoms with E-state index in [1.807, 2.05) is 0 Å². The molecule has 0 bridgehead atoms. The Hall–Kier alpha value is -0.120. The van der Waals surface area contributed by atoms with Gasteiger partial charge in [0.05, 0.1) is 0 Å². The molecule has 0 saturated carbocycles. The van der Waals surface area contributed by atoms with Crippen LogP contribution < -0.4 is 5.32 Å². The molecule has 1 heterocycles. The molecule has 0 amide bonds. The van der Waals surface area contributed by atoms with Crippen LogP contribution in [0.15, 0.2) is 0 Å². The molecule has 1 unspecified atom stereocenters. The van der Waals surface area contributed by atoms with Crippen molar-refractivity contribution in [1.29, 1.82) is 0 Å². The highest BCUT2D eigenvalue weighted by atomic mass is 15.2. The number of hydrogen-bond acceptors (Lipinski definition) is 3. The summed E-state index contributed by atoms with van der Waals surface area (Å²) < 4.78 is 0. The van der Waals surface area contributed by atoms with Crippen molar-refractivity contribution in [2.75, 3.05) is 40.8 Å². The van der Waals surface area contributed by atoms with Crippen LogP contribution in [0.1, 0.15) is 20.3 Å². The first-order chi connectivity index (χ1) is 6.99. The van der Waals surface area contributed by atoms with Crippen molar-refractivity contribution in [3.63, 3.8) is 0 Å². The normalized spacial score (nSPS) is 29.0. The minimum Gasteiger partial charge on any atom is -0.309 e. The van der Waals surface area contributed by atoms with E-state index in [0.29, 0.717) is 12.1 Å². The zero-order valence-electron chi connectivity index (χ0n) is 11.0. The topological polar surface area (TPSA) is 18.5 Å². The van der Waals surface area contributed by atoms with Crippen LogP contribution in [-0.4, -0.2) is 62.7 Å². The van der Waals surface area contributed by atoms with Crippen LogP contribution in [0.5, 0.6) is 0 Å². The maximum atomic E-state index is 3.77. The molecule has 1 N–H and O–H groups in total. The van der Waals surface area contributed by atoms with Gasteiger partial charge in [0.2, 0.25) is 0 Å². The molecule has 1 saturated heterocycles. The molecule has 0 aromatic carbocycles. The number of nitrogens with zero attached hydrogens (tertiary/aromatic N) is 2. The Morgan fingerprint density at radius 3 is 2.53 bits per heavy atom. The summed E-state index contributed by atoms with van der Waals surface area (Å²) in [5.74, 6) is 0.731. The van der Waals surface area contributed by atoms with E-state index in [-0.39, 0.29) is 0 Å². The summed E-state index contributed by atoms with van der Waals surface area (Å²) in [6, 6.07) is 1.33. The molecule has 1 rings (SSSR count). The number of piperazine rings is 1. The summed E-state index contributed by atoms with van der Waals surface area (Å²) in [6.07, 6.45) is 1.25. The Morgan fingerprint density at radius 2 is 2.00 bits per heavy atom. The van der Waals surface area contributed by atoms with Crippen molar-refractivity contribution in [3.8, 4) is 0 Å². The highest BCUT2D eigenvalue weighted by molar-refractivity contribution is 4.86. The minimum absolute atomic E-state index is 0.663. The molecule has 0 aliphatic carbocycles. The second kappa shape index (κ2) is 5.83. The Kier molecular flexibility index (Phi) is 5.03. The van der Waals surface area contributed by atoms with Crippen LogP contribution >= 0.6 is 0 Å². The quantitative estimate of drug-likeness (QED) is 0.747. The molecule has 0 aromatic heterocycles. The van der Waals surface area contributed by atoms with Crippen molar-refractivity contribution in [2.24, 2.45) is 5.92 Å². The van der Waals surface area contributed by atoms with Crippen molar-refractivity contribution in [2.45, 2.75) is 32.4 Å². The van der Waals surface area contributed by atoms with E-state index in [2.05, 4.69) is 50.1 Å². The van der Waals surface area contributed by atoms with Gasteiger partial charge in [0, 0.05) is 25.2 Å².